The average Bonchev–Trinajstić information content (AvgIpc) is 2.20. The lowest BCUT2D eigenvalue weighted by Gasteiger charge is -2.14. The van der Waals surface area contributed by atoms with E-state index < -0.39 is 12.0 Å². The highest BCUT2D eigenvalue weighted by Gasteiger charge is 2.15. The molecule has 1 rings (SSSR count). The van der Waals surface area contributed by atoms with Gasteiger partial charge in [0.25, 0.3) is 5.91 Å². The molecule has 0 aliphatic rings. The summed E-state index contributed by atoms with van der Waals surface area (Å²) in [6.07, 6.45) is -0.790. The first-order chi connectivity index (χ1) is 7.41. The number of hydrogen-bond donors (Lipinski definition) is 2. The van der Waals surface area contributed by atoms with Crippen molar-refractivity contribution in [1.82, 2.24) is 0 Å². The molecule has 1 amide bonds. The fraction of sp³-hybridized carbons (Fsp3) is 0.273. The van der Waals surface area contributed by atoms with Gasteiger partial charge in [-0.3, -0.25) is 9.59 Å². The summed E-state index contributed by atoms with van der Waals surface area (Å²) >= 11 is 0. The molecule has 4 N–H and O–H groups in total. The second kappa shape index (κ2) is 4.65. The van der Waals surface area contributed by atoms with Gasteiger partial charge in [-0.15, -0.1) is 0 Å². The van der Waals surface area contributed by atoms with Crippen LogP contribution in [0.4, 0.5) is 5.69 Å². The number of benzene rings is 1. The van der Waals surface area contributed by atoms with Crippen LogP contribution in [0, 0.1) is 0 Å². The molecule has 0 saturated heterocycles. The Bertz CT molecular complexity index is 429. The minimum atomic E-state index is -0.790. The first kappa shape index (κ1) is 12.0. The van der Waals surface area contributed by atoms with Crippen LogP contribution in [0.5, 0.6) is 5.75 Å². The number of anilines is 1. The van der Waals surface area contributed by atoms with Crippen LogP contribution in [0.3, 0.4) is 0 Å². The maximum atomic E-state index is 11.3. The predicted octanol–water partition coefficient (Wildman–Crippen LogP) is 0.724. The van der Waals surface area contributed by atoms with E-state index in [-0.39, 0.29) is 5.78 Å². The number of ketones is 1. The number of nitrogens with two attached hydrogens (primary N) is 2. The van der Waals surface area contributed by atoms with Gasteiger partial charge in [0, 0.05) is 5.69 Å². The molecule has 0 saturated carbocycles. The Morgan fingerprint density at radius 3 is 2.50 bits per heavy atom. The largest absolute Gasteiger partial charge is 0.480 e. The van der Waals surface area contributed by atoms with Gasteiger partial charge >= 0.3 is 0 Å². The van der Waals surface area contributed by atoms with E-state index in [4.69, 9.17) is 16.2 Å². The minimum absolute atomic E-state index is 0.182. The van der Waals surface area contributed by atoms with Crippen LogP contribution in [0.15, 0.2) is 18.2 Å². The van der Waals surface area contributed by atoms with Crippen molar-refractivity contribution in [2.75, 3.05) is 5.73 Å². The van der Waals surface area contributed by atoms with Crippen LogP contribution >= 0.6 is 0 Å². The number of ether oxygens (including phenoxy) is 1. The van der Waals surface area contributed by atoms with Crippen molar-refractivity contribution in [3.05, 3.63) is 23.8 Å². The number of carbonyl (C=O) groups is 2. The van der Waals surface area contributed by atoms with Crippen molar-refractivity contribution in [1.29, 1.82) is 0 Å². The molecule has 86 valence electrons. The summed E-state index contributed by atoms with van der Waals surface area (Å²) < 4.78 is 5.27. The third-order valence-corrected chi connectivity index (χ3v) is 2.09. The van der Waals surface area contributed by atoms with Gasteiger partial charge < -0.3 is 16.2 Å². The molecule has 0 aromatic heterocycles. The highest BCUT2D eigenvalue weighted by molar-refractivity contribution is 5.97. The van der Waals surface area contributed by atoms with E-state index in [2.05, 4.69) is 0 Å². The second-order valence-electron chi connectivity index (χ2n) is 3.47. The van der Waals surface area contributed by atoms with Gasteiger partial charge in [-0.25, -0.2) is 0 Å². The molecule has 0 heterocycles. The first-order valence-electron chi connectivity index (χ1n) is 4.78. The molecule has 16 heavy (non-hydrogen) atoms. The molecule has 0 radical (unpaired) electrons. The normalized spacial score (nSPS) is 11.9. The molecule has 1 aromatic carbocycles. The molecule has 0 aliphatic carbocycles. The zero-order valence-corrected chi connectivity index (χ0v) is 9.19. The van der Waals surface area contributed by atoms with E-state index in [0.29, 0.717) is 17.0 Å². The van der Waals surface area contributed by atoms with E-state index in [1.54, 1.807) is 12.1 Å². The van der Waals surface area contributed by atoms with Gasteiger partial charge in [0.1, 0.15) is 5.75 Å². The van der Waals surface area contributed by atoms with Gasteiger partial charge in [-0.05, 0) is 32.0 Å². The Hall–Kier alpha value is -2.04. The number of amides is 1. The van der Waals surface area contributed by atoms with E-state index >= 15 is 0 Å². The Balaban J connectivity index is 3.04. The number of nitrogen functional groups attached to an aromatic ring is 1. The lowest BCUT2D eigenvalue weighted by molar-refractivity contribution is -0.124. The Kier molecular flexibility index (Phi) is 3.50. The molecule has 0 fully saturated rings. The minimum Gasteiger partial charge on any atom is -0.480 e. The third-order valence-electron chi connectivity index (χ3n) is 2.09. The predicted molar refractivity (Wildman–Crippen MR) is 60.1 cm³/mol. The van der Waals surface area contributed by atoms with Gasteiger partial charge in [0.05, 0.1) is 5.56 Å². The molecular weight excluding hydrogens is 208 g/mol. The van der Waals surface area contributed by atoms with Crippen LogP contribution < -0.4 is 16.2 Å². The van der Waals surface area contributed by atoms with Gasteiger partial charge in [0.2, 0.25) is 0 Å². The summed E-state index contributed by atoms with van der Waals surface area (Å²) in [6, 6.07) is 4.65. The topological polar surface area (TPSA) is 95.4 Å². The second-order valence-corrected chi connectivity index (χ2v) is 3.47. The summed E-state index contributed by atoms with van der Waals surface area (Å²) in [5.41, 5.74) is 11.4. The molecule has 0 spiro atoms. The van der Waals surface area contributed by atoms with Crippen LogP contribution in [0.2, 0.25) is 0 Å². The Labute approximate surface area is 93.4 Å². The molecule has 0 aliphatic heterocycles. The average molecular weight is 222 g/mol. The Morgan fingerprint density at radius 2 is 2.00 bits per heavy atom. The van der Waals surface area contributed by atoms with Crippen LogP contribution in [0.25, 0.3) is 0 Å². The highest BCUT2D eigenvalue weighted by atomic mass is 16.5. The quantitative estimate of drug-likeness (QED) is 0.579. The molecule has 1 aromatic rings. The molecule has 5 heteroatoms. The SMILES string of the molecule is CC(=O)c1cc(N)ccc1OC(C)C(N)=O. The summed E-state index contributed by atoms with van der Waals surface area (Å²) in [4.78, 5) is 22.2. The van der Waals surface area contributed by atoms with Crippen LogP contribution in [-0.2, 0) is 4.79 Å². The number of primary amides is 1. The summed E-state index contributed by atoms with van der Waals surface area (Å²) in [5.74, 6) is -0.460. The maximum Gasteiger partial charge on any atom is 0.258 e. The molecule has 0 bridgehead atoms. The van der Waals surface area contributed by atoms with Gasteiger partial charge in [0.15, 0.2) is 11.9 Å². The molecule has 1 atom stereocenters. The molecular formula is C11H14N2O3. The van der Waals surface area contributed by atoms with Crippen molar-refractivity contribution in [2.45, 2.75) is 20.0 Å². The monoisotopic (exact) mass is 222 g/mol. The van der Waals surface area contributed by atoms with E-state index in [1.165, 1.54) is 19.9 Å². The number of rotatable bonds is 4. The smallest absolute Gasteiger partial charge is 0.258 e. The Morgan fingerprint density at radius 1 is 1.38 bits per heavy atom. The zero-order valence-electron chi connectivity index (χ0n) is 9.19. The number of hydrogen-bond acceptors (Lipinski definition) is 4. The third kappa shape index (κ3) is 2.73. The van der Waals surface area contributed by atoms with Crippen molar-refractivity contribution in [2.24, 2.45) is 5.73 Å². The van der Waals surface area contributed by atoms with Crippen molar-refractivity contribution in [3.63, 3.8) is 0 Å². The molecule has 5 nitrogen and oxygen atoms in total. The summed E-state index contributed by atoms with van der Waals surface area (Å²) in [5, 5.41) is 0. The van der Waals surface area contributed by atoms with Crippen LogP contribution in [0.1, 0.15) is 24.2 Å². The zero-order chi connectivity index (χ0) is 12.3. The summed E-state index contributed by atoms with van der Waals surface area (Å²) in [7, 11) is 0. The fourth-order valence-electron chi connectivity index (χ4n) is 1.17. The lowest BCUT2D eigenvalue weighted by atomic mass is 10.1. The lowest BCUT2D eigenvalue weighted by Crippen LogP contribution is -2.31. The number of Topliss-reactive ketones (excluding diaryl/α,β-unsaturated/α-hetero) is 1. The van der Waals surface area contributed by atoms with Crippen molar-refractivity contribution < 1.29 is 14.3 Å². The molecule has 1 unspecified atom stereocenters. The van der Waals surface area contributed by atoms with E-state index in [0.717, 1.165) is 0 Å². The van der Waals surface area contributed by atoms with E-state index in [9.17, 15) is 9.59 Å². The van der Waals surface area contributed by atoms with Gasteiger partial charge in [-0.1, -0.05) is 0 Å². The number of carbonyl (C=O) groups excluding carboxylic acids is 2. The van der Waals surface area contributed by atoms with Crippen LogP contribution in [-0.4, -0.2) is 17.8 Å². The standard InChI is InChI=1S/C11H14N2O3/c1-6(14)9-5-8(12)3-4-10(9)16-7(2)11(13)15/h3-5,7H,12H2,1-2H3,(H2,13,15). The first-order valence-corrected chi connectivity index (χ1v) is 4.78. The van der Waals surface area contributed by atoms with Crippen molar-refractivity contribution >= 4 is 17.4 Å². The highest BCUT2D eigenvalue weighted by Crippen LogP contribution is 2.22. The van der Waals surface area contributed by atoms with Gasteiger partial charge in [-0.2, -0.15) is 0 Å². The fourth-order valence-corrected chi connectivity index (χ4v) is 1.17. The van der Waals surface area contributed by atoms with Crippen molar-refractivity contribution in [3.8, 4) is 5.75 Å². The van der Waals surface area contributed by atoms with E-state index in [1.807, 2.05) is 0 Å². The summed E-state index contributed by atoms with van der Waals surface area (Å²) in [6.45, 7) is 2.92. The maximum absolute atomic E-state index is 11.3.